The van der Waals surface area contributed by atoms with Crippen molar-refractivity contribution in [3.63, 3.8) is 0 Å². The Hall–Kier alpha value is -3.19. The molecule has 6 nitrogen and oxygen atoms in total. The van der Waals surface area contributed by atoms with E-state index in [1.54, 1.807) is 13.0 Å². The fourth-order valence-electron chi connectivity index (χ4n) is 4.96. The van der Waals surface area contributed by atoms with Crippen LogP contribution in [0.2, 0.25) is 5.02 Å². The molecule has 2 heterocycles. The number of amides is 1. The maximum atomic E-state index is 13.5. The Morgan fingerprint density at radius 3 is 2.79 bits per heavy atom. The van der Waals surface area contributed by atoms with Crippen LogP contribution in [0.4, 0.5) is 4.39 Å². The van der Waals surface area contributed by atoms with Gasteiger partial charge in [-0.15, -0.1) is 0 Å². The number of rotatable bonds is 4. The smallest absolute Gasteiger partial charge is 0.264 e. The lowest BCUT2D eigenvalue weighted by Crippen LogP contribution is -2.34. The molecule has 1 N–H and O–H groups in total. The van der Waals surface area contributed by atoms with E-state index in [0.717, 1.165) is 36.6 Å². The second kappa shape index (κ2) is 8.63. The largest absolute Gasteiger partial charge is 0.360 e. The van der Waals surface area contributed by atoms with E-state index in [4.69, 9.17) is 16.1 Å². The maximum absolute atomic E-state index is 13.5. The zero-order valence-electron chi connectivity index (χ0n) is 18.1. The van der Waals surface area contributed by atoms with Gasteiger partial charge >= 0.3 is 0 Å². The monoisotopic (exact) mass is 467 g/mol. The molecule has 170 valence electrons. The van der Waals surface area contributed by atoms with Gasteiger partial charge in [0.2, 0.25) is 0 Å². The number of hydrogen-bond donors (Lipinski definition) is 1. The minimum atomic E-state index is -0.375. The molecule has 1 fully saturated rings. The third-order valence-electron chi connectivity index (χ3n) is 6.56. The number of fused-ring (bicyclic) bond motifs is 3. The summed E-state index contributed by atoms with van der Waals surface area (Å²) < 4.78 is 20.3. The van der Waals surface area contributed by atoms with Crippen molar-refractivity contribution in [2.45, 2.75) is 38.6 Å². The summed E-state index contributed by atoms with van der Waals surface area (Å²) in [6.07, 6.45) is 3.51. The molecule has 5 rings (SSSR count). The van der Waals surface area contributed by atoms with Crippen LogP contribution >= 0.6 is 11.6 Å². The first kappa shape index (κ1) is 21.6. The minimum absolute atomic E-state index is 0.0290. The Morgan fingerprint density at radius 1 is 1.21 bits per heavy atom. The molecular weight excluding hydrogens is 445 g/mol. The predicted octanol–water partition coefficient (Wildman–Crippen LogP) is 5.40. The van der Waals surface area contributed by atoms with E-state index in [1.165, 1.54) is 24.3 Å². The number of carbonyl (C=O) groups excluding carboxylic acids is 1. The van der Waals surface area contributed by atoms with Crippen LogP contribution in [0.1, 0.15) is 47.8 Å². The fraction of sp³-hybridized carbons (Fsp3) is 0.320. The van der Waals surface area contributed by atoms with Crippen molar-refractivity contribution in [2.75, 3.05) is 6.54 Å². The molecule has 1 aliphatic carbocycles. The molecule has 2 aromatic carbocycles. The number of aromatic nitrogens is 2. The lowest BCUT2D eigenvalue weighted by molar-refractivity contribution is 0.0940. The lowest BCUT2D eigenvalue weighted by atomic mass is 9.85. The van der Waals surface area contributed by atoms with Crippen LogP contribution in [0.15, 0.2) is 51.8 Å². The molecule has 2 aromatic heterocycles. The quantitative estimate of drug-likeness (QED) is 0.435. The summed E-state index contributed by atoms with van der Waals surface area (Å²) in [6, 6.07) is 11.0. The molecule has 1 aliphatic rings. The first-order valence-corrected chi connectivity index (χ1v) is 11.4. The Labute approximate surface area is 194 Å². The Morgan fingerprint density at radius 2 is 2.00 bits per heavy atom. The number of carbonyl (C=O) groups is 1. The molecule has 0 saturated heterocycles. The van der Waals surface area contributed by atoms with Crippen molar-refractivity contribution in [2.24, 2.45) is 5.92 Å². The lowest BCUT2D eigenvalue weighted by Gasteiger charge is -2.31. The van der Waals surface area contributed by atoms with E-state index in [0.29, 0.717) is 33.8 Å². The zero-order chi connectivity index (χ0) is 23.1. The van der Waals surface area contributed by atoms with Gasteiger partial charge in [-0.05, 0) is 68.5 Å². The highest BCUT2D eigenvalue weighted by molar-refractivity contribution is 6.37. The number of nitrogens with one attached hydrogen (secondary N) is 1. The second-order valence-corrected chi connectivity index (χ2v) is 9.08. The minimum Gasteiger partial charge on any atom is -0.360 e. The van der Waals surface area contributed by atoms with Crippen LogP contribution in [0, 0.1) is 18.7 Å². The van der Waals surface area contributed by atoms with Gasteiger partial charge in [0.05, 0.1) is 10.5 Å². The molecule has 2 atom stereocenters. The third-order valence-corrected chi connectivity index (χ3v) is 6.88. The fourth-order valence-corrected chi connectivity index (χ4v) is 5.22. The molecule has 2 unspecified atom stereocenters. The van der Waals surface area contributed by atoms with Crippen LogP contribution in [0.5, 0.6) is 0 Å². The summed E-state index contributed by atoms with van der Waals surface area (Å²) in [7, 11) is 0. The maximum Gasteiger partial charge on any atom is 0.264 e. The number of halogens is 2. The number of pyridine rings is 1. The van der Waals surface area contributed by atoms with Crippen LogP contribution < -0.4 is 10.9 Å². The number of nitrogens with zero attached hydrogens (tertiary/aromatic N) is 2. The van der Waals surface area contributed by atoms with Gasteiger partial charge < -0.3 is 14.4 Å². The van der Waals surface area contributed by atoms with Gasteiger partial charge in [0.15, 0.2) is 0 Å². The first-order chi connectivity index (χ1) is 15.9. The third kappa shape index (κ3) is 3.91. The van der Waals surface area contributed by atoms with Crippen LogP contribution in [-0.2, 0) is 0 Å². The molecule has 0 radical (unpaired) electrons. The SMILES string of the molecule is Cc1onc2c1c(=O)n(C1CCCC(CNC(=O)c3ccc(F)cc3)C1)c1cccc(Cl)c21. The zero-order valence-corrected chi connectivity index (χ0v) is 18.9. The number of hydrogen-bond acceptors (Lipinski definition) is 4. The van der Waals surface area contributed by atoms with Gasteiger partial charge in [-0.2, -0.15) is 0 Å². The predicted molar refractivity (Wildman–Crippen MR) is 125 cm³/mol. The van der Waals surface area contributed by atoms with Gasteiger partial charge in [0.25, 0.3) is 11.5 Å². The molecule has 4 aromatic rings. The standard InChI is InChI=1S/C25H23ClFN3O3/c1-14-21-23(29-33-14)22-19(26)6-3-7-20(22)30(25(21)32)18-5-2-4-15(12-18)13-28-24(31)16-8-10-17(27)11-9-16/h3,6-11,15,18H,2,4-5,12-13H2,1H3,(H,28,31). The van der Waals surface area contributed by atoms with Crippen molar-refractivity contribution in [3.8, 4) is 0 Å². The molecule has 0 spiro atoms. The van der Waals surface area contributed by atoms with E-state index in [1.807, 2.05) is 16.7 Å². The van der Waals surface area contributed by atoms with E-state index in [2.05, 4.69) is 10.5 Å². The molecule has 1 saturated carbocycles. The summed E-state index contributed by atoms with van der Waals surface area (Å²) in [4.78, 5) is 26.0. The van der Waals surface area contributed by atoms with E-state index in [-0.39, 0.29) is 29.2 Å². The molecular formula is C25H23ClFN3O3. The Kier molecular flexibility index (Phi) is 5.66. The van der Waals surface area contributed by atoms with E-state index in [9.17, 15) is 14.0 Å². The summed E-state index contributed by atoms with van der Waals surface area (Å²) in [5, 5.41) is 8.78. The summed E-state index contributed by atoms with van der Waals surface area (Å²) >= 11 is 6.52. The average Bonchev–Trinajstić information content (AvgIpc) is 3.20. The van der Waals surface area contributed by atoms with E-state index < -0.39 is 0 Å². The highest BCUT2D eigenvalue weighted by Gasteiger charge is 2.28. The first-order valence-electron chi connectivity index (χ1n) is 11.1. The van der Waals surface area contributed by atoms with Crippen LogP contribution in [0.25, 0.3) is 21.8 Å². The molecule has 0 aliphatic heterocycles. The van der Waals surface area contributed by atoms with Crippen LogP contribution in [-0.4, -0.2) is 22.2 Å². The van der Waals surface area contributed by atoms with Gasteiger partial charge in [-0.25, -0.2) is 4.39 Å². The highest BCUT2D eigenvalue weighted by atomic mass is 35.5. The average molecular weight is 468 g/mol. The molecule has 8 heteroatoms. The number of benzene rings is 2. The second-order valence-electron chi connectivity index (χ2n) is 8.67. The highest BCUT2D eigenvalue weighted by Crippen LogP contribution is 2.36. The van der Waals surface area contributed by atoms with Gasteiger partial charge in [-0.3, -0.25) is 9.59 Å². The van der Waals surface area contributed by atoms with Crippen molar-refractivity contribution >= 4 is 39.3 Å². The summed E-state index contributed by atoms with van der Waals surface area (Å²) in [5.74, 6) is 0.0885. The molecule has 33 heavy (non-hydrogen) atoms. The van der Waals surface area contributed by atoms with Gasteiger partial charge in [0.1, 0.15) is 22.5 Å². The summed E-state index contributed by atoms with van der Waals surface area (Å²) in [6.45, 7) is 2.23. The van der Waals surface area contributed by atoms with Crippen molar-refractivity contribution < 1.29 is 13.7 Å². The van der Waals surface area contributed by atoms with Crippen molar-refractivity contribution in [1.82, 2.24) is 15.0 Å². The van der Waals surface area contributed by atoms with Gasteiger partial charge in [-0.1, -0.05) is 29.2 Å². The Bertz CT molecular complexity index is 1410. The van der Waals surface area contributed by atoms with Crippen molar-refractivity contribution in [3.05, 3.63) is 75.0 Å². The van der Waals surface area contributed by atoms with Crippen molar-refractivity contribution in [1.29, 1.82) is 0 Å². The van der Waals surface area contributed by atoms with E-state index >= 15 is 0 Å². The summed E-state index contributed by atoms with van der Waals surface area (Å²) in [5.41, 5.74) is 1.54. The van der Waals surface area contributed by atoms with Crippen LogP contribution in [0.3, 0.4) is 0 Å². The van der Waals surface area contributed by atoms with Gasteiger partial charge in [0, 0.05) is 23.5 Å². The normalized spacial score (nSPS) is 18.6. The molecule has 0 bridgehead atoms. The number of aryl methyl sites for hydroxylation is 1. The molecule has 1 amide bonds. The Balaban J connectivity index is 1.44. The topological polar surface area (TPSA) is 77.1 Å².